The van der Waals surface area contributed by atoms with Crippen molar-refractivity contribution in [2.75, 3.05) is 6.61 Å². The average Bonchev–Trinajstić information content (AvgIpc) is 2.79. The van der Waals surface area contributed by atoms with Crippen molar-refractivity contribution in [2.45, 2.75) is 45.9 Å². The van der Waals surface area contributed by atoms with Crippen LogP contribution < -0.4 is 0 Å². The van der Waals surface area contributed by atoms with E-state index in [1.165, 1.54) is 16.3 Å². The second-order valence-electron chi connectivity index (χ2n) is 8.23. The number of benzene rings is 3. The van der Waals surface area contributed by atoms with E-state index < -0.39 is 0 Å². The summed E-state index contributed by atoms with van der Waals surface area (Å²) >= 11 is 0. The van der Waals surface area contributed by atoms with E-state index in [4.69, 9.17) is 19.5 Å². The molecular formula is C27H30N2O2. The minimum atomic E-state index is -0.193. The van der Waals surface area contributed by atoms with Crippen LogP contribution >= 0.6 is 0 Å². The molecule has 0 amide bonds. The summed E-state index contributed by atoms with van der Waals surface area (Å²) in [6.07, 6.45) is 0.722. The van der Waals surface area contributed by atoms with Crippen LogP contribution in [-0.4, -0.2) is 30.5 Å². The molecular weight excluding hydrogens is 384 g/mol. The molecule has 3 aromatic carbocycles. The van der Waals surface area contributed by atoms with Crippen molar-refractivity contribution >= 4 is 22.6 Å². The molecule has 4 rings (SSSR count). The van der Waals surface area contributed by atoms with Crippen molar-refractivity contribution in [2.24, 2.45) is 15.9 Å². The first-order valence-corrected chi connectivity index (χ1v) is 11.1. The zero-order valence-electron chi connectivity index (χ0n) is 18.5. The summed E-state index contributed by atoms with van der Waals surface area (Å²) in [7, 11) is 0. The van der Waals surface area contributed by atoms with Gasteiger partial charge in [-0.1, -0.05) is 86.6 Å². The lowest BCUT2D eigenvalue weighted by molar-refractivity contribution is 0.258. The van der Waals surface area contributed by atoms with Crippen LogP contribution in [0.25, 0.3) is 10.8 Å². The SMILES string of the molecule is CCOC1=N[C@H](Cc2ccc3ccccc3c2)C(OCc2ccccc2)=N[C@H]1C(C)C. The topological polar surface area (TPSA) is 43.2 Å². The van der Waals surface area contributed by atoms with Gasteiger partial charge in [0.15, 0.2) is 0 Å². The maximum atomic E-state index is 6.24. The average molecular weight is 415 g/mol. The predicted octanol–water partition coefficient (Wildman–Crippen LogP) is 5.84. The third kappa shape index (κ3) is 5.13. The van der Waals surface area contributed by atoms with Gasteiger partial charge in [0.05, 0.1) is 6.61 Å². The number of aliphatic imine (C=N–C) groups is 2. The van der Waals surface area contributed by atoms with Crippen molar-refractivity contribution < 1.29 is 9.47 Å². The van der Waals surface area contributed by atoms with Gasteiger partial charge in [-0.15, -0.1) is 0 Å². The van der Waals surface area contributed by atoms with Gasteiger partial charge in [-0.05, 0) is 34.7 Å². The Morgan fingerprint density at radius 1 is 0.774 bits per heavy atom. The molecule has 3 aromatic rings. The summed E-state index contributed by atoms with van der Waals surface area (Å²) in [4.78, 5) is 9.96. The summed E-state index contributed by atoms with van der Waals surface area (Å²) in [6.45, 7) is 7.34. The van der Waals surface area contributed by atoms with Crippen LogP contribution in [0.2, 0.25) is 0 Å². The highest BCUT2D eigenvalue weighted by molar-refractivity contribution is 5.94. The predicted molar refractivity (Wildman–Crippen MR) is 128 cm³/mol. The van der Waals surface area contributed by atoms with E-state index in [-0.39, 0.29) is 18.0 Å². The van der Waals surface area contributed by atoms with Crippen LogP contribution in [0.15, 0.2) is 82.8 Å². The number of ether oxygens (including phenoxy) is 2. The molecule has 0 spiro atoms. The Morgan fingerprint density at radius 2 is 1.52 bits per heavy atom. The molecule has 1 heterocycles. The Morgan fingerprint density at radius 3 is 2.26 bits per heavy atom. The van der Waals surface area contributed by atoms with Crippen LogP contribution in [0.1, 0.15) is 31.9 Å². The number of fused-ring (bicyclic) bond motifs is 1. The zero-order valence-corrected chi connectivity index (χ0v) is 18.5. The van der Waals surface area contributed by atoms with Crippen LogP contribution in [0, 0.1) is 5.92 Å². The molecule has 1 aliphatic rings. The molecule has 0 unspecified atom stereocenters. The molecule has 31 heavy (non-hydrogen) atoms. The highest BCUT2D eigenvalue weighted by Crippen LogP contribution is 2.23. The lowest BCUT2D eigenvalue weighted by atomic mass is 9.99. The van der Waals surface area contributed by atoms with Gasteiger partial charge >= 0.3 is 0 Å². The van der Waals surface area contributed by atoms with E-state index in [0.717, 1.165) is 17.9 Å². The van der Waals surface area contributed by atoms with Crippen LogP contribution in [0.3, 0.4) is 0 Å². The second kappa shape index (κ2) is 9.78. The normalized spacial score (nSPS) is 18.6. The van der Waals surface area contributed by atoms with Gasteiger partial charge in [0.2, 0.25) is 11.8 Å². The van der Waals surface area contributed by atoms with Gasteiger partial charge in [-0.3, -0.25) is 0 Å². The standard InChI is InChI=1S/C27H30N2O2/c1-4-30-27-25(19(2)3)29-26(31-18-20-10-6-5-7-11-20)24(28-27)17-21-14-15-22-12-8-9-13-23(22)16-21/h5-16,19,24-25H,4,17-18H2,1-3H3/t24-,25+/m1/s1. The quantitative estimate of drug-likeness (QED) is 0.509. The van der Waals surface area contributed by atoms with Crippen LogP contribution in [-0.2, 0) is 22.5 Å². The first kappa shape index (κ1) is 21.1. The van der Waals surface area contributed by atoms with Crippen molar-refractivity contribution in [1.29, 1.82) is 0 Å². The maximum absolute atomic E-state index is 6.24. The second-order valence-corrected chi connectivity index (χ2v) is 8.23. The first-order valence-electron chi connectivity index (χ1n) is 11.1. The van der Waals surface area contributed by atoms with E-state index in [2.05, 4.69) is 68.4 Å². The molecule has 0 N–H and O–H groups in total. The lowest BCUT2D eigenvalue weighted by Crippen LogP contribution is -2.39. The van der Waals surface area contributed by atoms with E-state index in [9.17, 15) is 0 Å². The Bertz CT molecular complexity index is 1070. The van der Waals surface area contributed by atoms with Crippen molar-refractivity contribution in [3.8, 4) is 0 Å². The first-order chi connectivity index (χ1) is 15.1. The van der Waals surface area contributed by atoms with E-state index in [0.29, 0.717) is 19.1 Å². The molecule has 1 aliphatic heterocycles. The number of hydrogen-bond acceptors (Lipinski definition) is 4. The molecule has 160 valence electrons. The fourth-order valence-corrected chi connectivity index (χ4v) is 3.86. The summed E-state index contributed by atoms with van der Waals surface area (Å²) in [5.74, 6) is 1.69. The Hall–Kier alpha value is -3.14. The minimum absolute atomic E-state index is 0.112. The minimum Gasteiger partial charge on any atom is -0.480 e. The van der Waals surface area contributed by atoms with Gasteiger partial charge in [-0.2, -0.15) is 0 Å². The molecule has 0 fully saturated rings. The van der Waals surface area contributed by atoms with Gasteiger partial charge in [-0.25, -0.2) is 9.98 Å². The lowest BCUT2D eigenvalue weighted by Gasteiger charge is -2.28. The maximum Gasteiger partial charge on any atom is 0.210 e. The molecule has 0 saturated heterocycles. The molecule has 0 saturated carbocycles. The number of nitrogens with zero attached hydrogens (tertiary/aromatic N) is 2. The molecule has 0 aromatic heterocycles. The summed E-state index contributed by atoms with van der Waals surface area (Å²) in [5, 5.41) is 2.47. The van der Waals surface area contributed by atoms with Crippen molar-refractivity contribution in [3.63, 3.8) is 0 Å². The number of hydrogen-bond donors (Lipinski definition) is 0. The summed E-state index contributed by atoms with van der Waals surface area (Å²) in [6, 6.07) is 24.9. The molecule has 4 heteroatoms. The van der Waals surface area contributed by atoms with Gasteiger partial charge < -0.3 is 9.47 Å². The highest BCUT2D eigenvalue weighted by Gasteiger charge is 2.31. The van der Waals surface area contributed by atoms with Crippen LogP contribution in [0.5, 0.6) is 0 Å². The monoisotopic (exact) mass is 414 g/mol. The van der Waals surface area contributed by atoms with Crippen molar-refractivity contribution in [1.82, 2.24) is 0 Å². The summed E-state index contributed by atoms with van der Waals surface area (Å²) in [5.41, 5.74) is 2.33. The third-order valence-electron chi connectivity index (χ3n) is 5.48. The van der Waals surface area contributed by atoms with E-state index >= 15 is 0 Å². The van der Waals surface area contributed by atoms with E-state index in [1.807, 2.05) is 25.1 Å². The molecule has 0 radical (unpaired) electrons. The Balaban J connectivity index is 1.61. The molecule has 2 atom stereocenters. The zero-order chi connectivity index (χ0) is 21.6. The molecule has 0 aliphatic carbocycles. The van der Waals surface area contributed by atoms with Gasteiger partial charge in [0, 0.05) is 6.42 Å². The van der Waals surface area contributed by atoms with Crippen molar-refractivity contribution in [3.05, 3.63) is 83.9 Å². The van der Waals surface area contributed by atoms with Crippen LogP contribution in [0.4, 0.5) is 0 Å². The smallest absolute Gasteiger partial charge is 0.210 e. The highest BCUT2D eigenvalue weighted by atomic mass is 16.5. The molecule has 4 nitrogen and oxygen atoms in total. The Labute approximate surface area is 184 Å². The van der Waals surface area contributed by atoms with Gasteiger partial charge in [0.25, 0.3) is 0 Å². The largest absolute Gasteiger partial charge is 0.480 e. The fraction of sp³-hybridized carbons (Fsp3) is 0.333. The third-order valence-corrected chi connectivity index (χ3v) is 5.48. The summed E-state index contributed by atoms with van der Waals surface area (Å²) < 4.78 is 12.1. The van der Waals surface area contributed by atoms with E-state index in [1.54, 1.807) is 0 Å². The fourth-order valence-electron chi connectivity index (χ4n) is 3.86. The molecule has 0 bridgehead atoms. The number of rotatable bonds is 6. The van der Waals surface area contributed by atoms with Gasteiger partial charge in [0.1, 0.15) is 18.7 Å². The Kier molecular flexibility index (Phi) is 6.66.